The topological polar surface area (TPSA) is 66.0 Å². The average Bonchev–Trinajstić information content (AvgIpc) is 3.42. The summed E-state index contributed by atoms with van der Waals surface area (Å²) in [5, 5.41) is 5.03. The van der Waals surface area contributed by atoms with Crippen LogP contribution in [0.5, 0.6) is 0 Å². The van der Waals surface area contributed by atoms with Crippen molar-refractivity contribution in [1.29, 1.82) is 0 Å². The molecule has 5 rings (SSSR count). The van der Waals surface area contributed by atoms with E-state index in [2.05, 4.69) is 25.5 Å². The quantitative estimate of drug-likeness (QED) is 0.387. The van der Waals surface area contributed by atoms with Gasteiger partial charge in [-0.3, -0.25) is 4.98 Å². The van der Waals surface area contributed by atoms with Crippen molar-refractivity contribution in [2.24, 2.45) is 0 Å². The Morgan fingerprint density at radius 1 is 1.19 bits per heavy atom. The van der Waals surface area contributed by atoms with Gasteiger partial charge in [0, 0.05) is 16.9 Å². The summed E-state index contributed by atoms with van der Waals surface area (Å²) in [4.78, 5) is 9.51. The second kappa shape index (κ2) is 7.37. The van der Waals surface area contributed by atoms with E-state index in [4.69, 9.17) is 9.51 Å². The van der Waals surface area contributed by atoms with E-state index < -0.39 is 6.61 Å². The van der Waals surface area contributed by atoms with Crippen molar-refractivity contribution >= 4 is 21.9 Å². The van der Waals surface area contributed by atoms with Crippen molar-refractivity contribution in [1.82, 2.24) is 19.7 Å². The van der Waals surface area contributed by atoms with Crippen LogP contribution in [-0.4, -0.2) is 32.9 Å². The Balaban J connectivity index is 1.73. The summed E-state index contributed by atoms with van der Waals surface area (Å²) in [6.07, 6.45) is 3.89. The first-order chi connectivity index (χ1) is 14.8. The van der Waals surface area contributed by atoms with Crippen LogP contribution in [0.15, 0.2) is 22.9 Å². The standard InChI is InChI=1S/C23H24F2N4O2/c1-11-7-17-18(8-16(11)20-13(3)28-31-14(20)4)26-9-19-21(17)29(12(2)10-30-23(24)25)22(27-19)15-5-6-15/h7-9,12,15,23H,5-6,10H2,1-4H3/t12-/m1/s1. The Kier molecular flexibility index (Phi) is 4.77. The average molecular weight is 426 g/mol. The van der Waals surface area contributed by atoms with Gasteiger partial charge in [0.2, 0.25) is 0 Å². The first-order valence-corrected chi connectivity index (χ1v) is 10.5. The second-order valence-corrected chi connectivity index (χ2v) is 8.43. The molecule has 31 heavy (non-hydrogen) atoms. The maximum absolute atomic E-state index is 12.7. The predicted molar refractivity (Wildman–Crippen MR) is 113 cm³/mol. The Labute approximate surface area is 178 Å². The molecule has 1 aliphatic carbocycles. The molecule has 1 atom stereocenters. The molecule has 162 valence electrons. The van der Waals surface area contributed by atoms with Gasteiger partial charge in [0.15, 0.2) is 0 Å². The van der Waals surface area contributed by atoms with Crippen molar-refractivity contribution in [2.75, 3.05) is 6.61 Å². The van der Waals surface area contributed by atoms with Crippen LogP contribution >= 0.6 is 0 Å². The zero-order chi connectivity index (χ0) is 21.9. The SMILES string of the molecule is Cc1cc2c(cc1-c1c(C)noc1C)ncc1nc(C3CC3)n([C@H](C)COC(F)F)c12. The van der Waals surface area contributed by atoms with E-state index in [0.717, 1.165) is 68.7 Å². The number of ether oxygens (including phenoxy) is 1. The molecule has 4 aromatic rings. The summed E-state index contributed by atoms with van der Waals surface area (Å²) in [6, 6.07) is 3.87. The molecule has 6 nitrogen and oxygen atoms in total. The number of rotatable bonds is 6. The molecule has 0 spiro atoms. The first kappa shape index (κ1) is 20.1. The summed E-state index contributed by atoms with van der Waals surface area (Å²) in [7, 11) is 0. The van der Waals surface area contributed by atoms with Crippen LogP contribution in [0.2, 0.25) is 0 Å². The van der Waals surface area contributed by atoms with Crippen molar-refractivity contribution in [3.8, 4) is 11.1 Å². The number of imidazole rings is 1. The van der Waals surface area contributed by atoms with Crippen LogP contribution in [0.3, 0.4) is 0 Å². The third kappa shape index (κ3) is 3.39. The minimum absolute atomic E-state index is 0.0805. The Bertz CT molecular complexity index is 1270. The number of hydrogen-bond donors (Lipinski definition) is 0. The summed E-state index contributed by atoms with van der Waals surface area (Å²) < 4.78 is 37.5. The van der Waals surface area contributed by atoms with Crippen LogP contribution in [-0.2, 0) is 4.74 Å². The molecule has 0 saturated heterocycles. The van der Waals surface area contributed by atoms with E-state index in [1.165, 1.54) is 0 Å². The minimum atomic E-state index is -2.79. The molecule has 3 aromatic heterocycles. The Hall–Kier alpha value is -2.87. The molecule has 1 aliphatic rings. The molecular formula is C23H24F2N4O2. The number of aryl methyl sites for hydroxylation is 3. The number of fused-ring (bicyclic) bond motifs is 3. The largest absolute Gasteiger partial charge is 0.361 e. The Morgan fingerprint density at radius 3 is 2.61 bits per heavy atom. The highest BCUT2D eigenvalue weighted by atomic mass is 19.3. The van der Waals surface area contributed by atoms with Crippen molar-refractivity contribution in [3.63, 3.8) is 0 Å². The van der Waals surface area contributed by atoms with E-state index in [1.54, 1.807) is 6.20 Å². The van der Waals surface area contributed by atoms with Gasteiger partial charge in [-0.05, 0) is 63.8 Å². The lowest BCUT2D eigenvalue weighted by molar-refractivity contribution is -0.135. The van der Waals surface area contributed by atoms with E-state index in [9.17, 15) is 8.78 Å². The molecule has 8 heteroatoms. The number of alkyl halides is 2. The predicted octanol–water partition coefficient (Wildman–Crippen LogP) is 5.84. The molecular weight excluding hydrogens is 402 g/mol. The highest BCUT2D eigenvalue weighted by Gasteiger charge is 2.32. The van der Waals surface area contributed by atoms with Crippen molar-refractivity contribution in [3.05, 3.63) is 41.2 Å². The molecule has 0 aliphatic heterocycles. The molecule has 3 heterocycles. The van der Waals surface area contributed by atoms with Gasteiger partial charge in [0.25, 0.3) is 0 Å². The van der Waals surface area contributed by atoms with Gasteiger partial charge < -0.3 is 13.8 Å². The fourth-order valence-corrected chi connectivity index (χ4v) is 4.45. The molecule has 0 unspecified atom stereocenters. The zero-order valence-electron chi connectivity index (χ0n) is 17.9. The highest BCUT2D eigenvalue weighted by molar-refractivity contribution is 6.04. The zero-order valence-corrected chi connectivity index (χ0v) is 17.9. The summed E-state index contributed by atoms with van der Waals surface area (Å²) in [6.45, 7) is 4.89. The normalized spacial score (nSPS) is 15.5. The number of hydrogen-bond acceptors (Lipinski definition) is 5. The number of benzene rings is 1. The van der Waals surface area contributed by atoms with E-state index in [-0.39, 0.29) is 12.6 Å². The van der Waals surface area contributed by atoms with Gasteiger partial charge in [0.05, 0.1) is 35.6 Å². The Morgan fingerprint density at radius 2 is 1.97 bits per heavy atom. The van der Waals surface area contributed by atoms with E-state index in [0.29, 0.717) is 5.92 Å². The van der Waals surface area contributed by atoms with Crippen LogP contribution in [0.4, 0.5) is 8.78 Å². The maximum atomic E-state index is 12.7. The van der Waals surface area contributed by atoms with Gasteiger partial charge in [-0.25, -0.2) is 4.98 Å². The lowest BCUT2D eigenvalue weighted by Gasteiger charge is -2.18. The molecule has 0 N–H and O–H groups in total. The van der Waals surface area contributed by atoms with Gasteiger partial charge in [-0.1, -0.05) is 5.16 Å². The maximum Gasteiger partial charge on any atom is 0.345 e. The van der Waals surface area contributed by atoms with Gasteiger partial charge in [-0.15, -0.1) is 0 Å². The lowest BCUT2D eigenvalue weighted by atomic mass is 9.96. The van der Waals surface area contributed by atoms with Crippen molar-refractivity contribution in [2.45, 2.75) is 59.1 Å². The first-order valence-electron chi connectivity index (χ1n) is 10.5. The monoisotopic (exact) mass is 426 g/mol. The molecule has 0 bridgehead atoms. The number of aromatic nitrogens is 4. The summed E-state index contributed by atoms with van der Waals surface area (Å²) in [5.74, 6) is 2.06. The van der Waals surface area contributed by atoms with Crippen LogP contribution in [0.25, 0.3) is 33.1 Å². The second-order valence-electron chi connectivity index (χ2n) is 8.43. The smallest absolute Gasteiger partial charge is 0.345 e. The number of halogens is 2. The molecule has 1 fully saturated rings. The van der Waals surface area contributed by atoms with Crippen molar-refractivity contribution < 1.29 is 18.0 Å². The fraction of sp³-hybridized carbons (Fsp3) is 0.435. The minimum Gasteiger partial charge on any atom is -0.361 e. The molecule has 1 aromatic carbocycles. The van der Waals surface area contributed by atoms with Crippen LogP contribution in [0, 0.1) is 20.8 Å². The lowest BCUT2D eigenvalue weighted by Crippen LogP contribution is -2.16. The van der Waals surface area contributed by atoms with E-state index in [1.807, 2.05) is 33.8 Å². The molecule has 0 amide bonds. The third-order valence-corrected chi connectivity index (χ3v) is 6.04. The van der Waals surface area contributed by atoms with Gasteiger partial charge in [0.1, 0.15) is 17.1 Å². The number of pyridine rings is 1. The van der Waals surface area contributed by atoms with Gasteiger partial charge >= 0.3 is 6.61 Å². The van der Waals surface area contributed by atoms with E-state index >= 15 is 0 Å². The summed E-state index contributed by atoms with van der Waals surface area (Å²) >= 11 is 0. The summed E-state index contributed by atoms with van der Waals surface area (Å²) in [5.41, 5.74) is 6.42. The third-order valence-electron chi connectivity index (χ3n) is 6.04. The molecule has 0 radical (unpaired) electrons. The van der Waals surface area contributed by atoms with Crippen LogP contribution in [0.1, 0.15) is 54.6 Å². The molecule has 1 saturated carbocycles. The van der Waals surface area contributed by atoms with Crippen LogP contribution < -0.4 is 0 Å². The van der Waals surface area contributed by atoms with Gasteiger partial charge in [-0.2, -0.15) is 8.78 Å². The number of nitrogens with zero attached hydrogens (tertiary/aromatic N) is 4. The fourth-order valence-electron chi connectivity index (χ4n) is 4.45. The highest BCUT2D eigenvalue weighted by Crippen LogP contribution is 2.43.